The van der Waals surface area contributed by atoms with Crippen LogP contribution in [0.5, 0.6) is 0 Å². The molecule has 0 fully saturated rings. The van der Waals surface area contributed by atoms with Crippen molar-refractivity contribution < 1.29 is 13.6 Å². The molecule has 1 aromatic rings. The molecule has 72 valence electrons. The number of nitrogens with one attached hydrogen (secondary N) is 1. The summed E-state index contributed by atoms with van der Waals surface area (Å²) in [4.78, 5) is 11.2. The third-order valence-electron chi connectivity index (χ3n) is 1.54. The van der Waals surface area contributed by atoms with Crippen LogP contribution in [-0.4, -0.2) is 12.5 Å². The van der Waals surface area contributed by atoms with Gasteiger partial charge in [-0.1, -0.05) is 12.0 Å². The predicted octanol–water partition coefficient (Wildman–Crippen LogP) is 1.33. The van der Waals surface area contributed by atoms with Crippen LogP contribution in [0, 0.1) is 24.0 Å². The number of hydrogen-bond acceptors (Lipinski definition) is 1. The van der Waals surface area contributed by atoms with Gasteiger partial charge in [0.25, 0.3) is 5.91 Å². The molecule has 0 aliphatic rings. The van der Waals surface area contributed by atoms with E-state index in [2.05, 4.69) is 11.2 Å². The van der Waals surface area contributed by atoms with Crippen molar-refractivity contribution in [3.05, 3.63) is 35.4 Å². The van der Waals surface area contributed by atoms with Crippen molar-refractivity contribution in [1.82, 2.24) is 5.32 Å². The van der Waals surface area contributed by atoms with Gasteiger partial charge in [-0.25, -0.2) is 8.78 Å². The summed E-state index contributed by atoms with van der Waals surface area (Å²) >= 11 is 0. The van der Waals surface area contributed by atoms with Crippen molar-refractivity contribution in [1.29, 1.82) is 0 Å². The maximum Gasteiger partial charge on any atom is 0.258 e. The minimum Gasteiger partial charge on any atom is -0.341 e. The second kappa shape index (κ2) is 4.38. The Labute approximate surface area is 79.9 Å². The largest absolute Gasteiger partial charge is 0.341 e. The zero-order chi connectivity index (χ0) is 10.6. The summed E-state index contributed by atoms with van der Waals surface area (Å²) < 4.78 is 26.0. The fourth-order valence-electron chi connectivity index (χ4n) is 0.934. The Morgan fingerprint density at radius 2 is 2.00 bits per heavy atom. The van der Waals surface area contributed by atoms with Gasteiger partial charge in [-0.05, 0) is 12.1 Å². The number of carbonyl (C=O) groups excluding carboxylic acids is 1. The third kappa shape index (κ3) is 2.07. The number of halogens is 2. The molecular weight excluding hydrogens is 188 g/mol. The Morgan fingerprint density at radius 1 is 1.43 bits per heavy atom. The average Bonchev–Trinajstić information content (AvgIpc) is 2.14. The topological polar surface area (TPSA) is 29.1 Å². The minimum absolute atomic E-state index is 0.0629. The van der Waals surface area contributed by atoms with Crippen molar-refractivity contribution in [2.24, 2.45) is 0 Å². The number of terminal acetylenes is 1. The first-order valence-corrected chi connectivity index (χ1v) is 3.82. The molecule has 1 rings (SSSR count). The fraction of sp³-hybridized carbons (Fsp3) is 0.100. The molecule has 1 aromatic carbocycles. The highest BCUT2D eigenvalue weighted by molar-refractivity contribution is 5.94. The van der Waals surface area contributed by atoms with Gasteiger partial charge in [0.2, 0.25) is 0 Å². The Balaban J connectivity index is 2.95. The molecule has 0 aliphatic carbocycles. The summed E-state index contributed by atoms with van der Waals surface area (Å²) in [5.74, 6) is -0.525. The number of benzene rings is 1. The summed E-state index contributed by atoms with van der Waals surface area (Å²) in [6, 6.07) is 3.20. The van der Waals surface area contributed by atoms with Crippen LogP contribution in [0.1, 0.15) is 10.4 Å². The van der Waals surface area contributed by atoms with Gasteiger partial charge < -0.3 is 5.32 Å². The number of hydrogen-bond donors (Lipinski definition) is 1. The first-order valence-electron chi connectivity index (χ1n) is 3.82. The zero-order valence-corrected chi connectivity index (χ0v) is 7.18. The zero-order valence-electron chi connectivity index (χ0n) is 7.18. The van der Waals surface area contributed by atoms with Crippen molar-refractivity contribution in [2.75, 3.05) is 6.54 Å². The van der Waals surface area contributed by atoms with Gasteiger partial charge >= 0.3 is 0 Å². The smallest absolute Gasteiger partial charge is 0.258 e. The van der Waals surface area contributed by atoms with E-state index in [1.165, 1.54) is 6.07 Å². The molecule has 1 N–H and O–H groups in total. The van der Waals surface area contributed by atoms with Gasteiger partial charge in [0.1, 0.15) is 17.2 Å². The van der Waals surface area contributed by atoms with Crippen LogP contribution in [0.3, 0.4) is 0 Å². The summed E-state index contributed by atoms with van der Waals surface area (Å²) in [7, 11) is 0. The van der Waals surface area contributed by atoms with Crippen molar-refractivity contribution in [3.63, 3.8) is 0 Å². The van der Waals surface area contributed by atoms with Crippen LogP contribution < -0.4 is 5.32 Å². The van der Waals surface area contributed by atoms with Gasteiger partial charge in [-0.15, -0.1) is 6.42 Å². The lowest BCUT2D eigenvalue weighted by molar-refractivity contribution is 0.0950. The van der Waals surface area contributed by atoms with Gasteiger partial charge in [-0.2, -0.15) is 0 Å². The van der Waals surface area contributed by atoms with E-state index in [0.29, 0.717) is 0 Å². The van der Waals surface area contributed by atoms with Crippen LogP contribution in [-0.2, 0) is 0 Å². The lowest BCUT2D eigenvalue weighted by atomic mass is 10.2. The molecule has 1 amide bonds. The lowest BCUT2D eigenvalue weighted by Gasteiger charge is -2.03. The van der Waals surface area contributed by atoms with Crippen LogP contribution in [0.2, 0.25) is 0 Å². The monoisotopic (exact) mass is 195 g/mol. The third-order valence-corrected chi connectivity index (χ3v) is 1.54. The molecule has 2 nitrogen and oxygen atoms in total. The minimum atomic E-state index is -0.903. The molecule has 0 unspecified atom stereocenters. The van der Waals surface area contributed by atoms with Crippen LogP contribution in [0.4, 0.5) is 8.78 Å². The van der Waals surface area contributed by atoms with Crippen molar-refractivity contribution in [3.8, 4) is 12.3 Å². The van der Waals surface area contributed by atoms with Crippen LogP contribution in [0.25, 0.3) is 0 Å². The molecule has 14 heavy (non-hydrogen) atoms. The molecule has 0 aromatic heterocycles. The molecule has 0 spiro atoms. The van der Waals surface area contributed by atoms with Crippen LogP contribution in [0.15, 0.2) is 18.2 Å². The normalized spacial score (nSPS) is 9.21. The number of amides is 1. The summed E-state index contributed by atoms with van der Waals surface area (Å²) in [6.07, 6.45) is 4.88. The summed E-state index contributed by atoms with van der Waals surface area (Å²) in [5.41, 5.74) is -0.609. The second-order valence-corrected chi connectivity index (χ2v) is 2.48. The SMILES string of the molecule is C#CCNC(=O)c1c(F)cccc1F. The molecule has 0 heterocycles. The molecule has 4 heteroatoms. The van der Waals surface area contributed by atoms with E-state index in [9.17, 15) is 13.6 Å². The summed E-state index contributed by atoms with van der Waals surface area (Å²) in [6.45, 7) is -0.0629. The quantitative estimate of drug-likeness (QED) is 0.708. The van der Waals surface area contributed by atoms with E-state index in [1.54, 1.807) is 0 Å². The Hall–Kier alpha value is -1.89. The van der Waals surface area contributed by atoms with Crippen molar-refractivity contribution in [2.45, 2.75) is 0 Å². The van der Waals surface area contributed by atoms with E-state index < -0.39 is 23.1 Å². The highest BCUT2D eigenvalue weighted by atomic mass is 19.1. The highest BCUT2D eigenvalue weighted by Gasteiger charge is 2.15. The van der Waals surface area contributed by atoms with Gasteiger partial charge in [-0.3, -0.25) is 4.79 Å². The fourth-order valence-corrected chi connectivity index (χ4v) is 0.934. The van der Waals surface area contributed by atoms with Crippen LogP contribution >= 0.6 is 0 Å². The molecule has 0 aliphatic heterocycles. The van der Waals surface area contributed by atoms with Gasteiger partial charge in [0.15, 0.2) is 0 Å². The first-order chi connectivity index (χ1) is 6.66. The van der Waals surface area contributed by atoms with E-state index in [0.717, 1.165) is 12.1 Å². The molecule has 0 bridgehead atoms. The van der Waals surface area contributed by atoms with E-state index in [4.69, 9.17) is 6.42 Å². The Morgan fingerprint density at radius 3 is 2.50 bits per heavy atom. The van der Waals surface area contributed by atoms with E-state index >= 15 is 0 Å². The Bertz CT molecular complexity index is 375. The molecule has 0 radical (unpaired) electrons. The average molecular weight is 195 g/mol. The molecule has 0 saturated heterocycles. The second-order valence-electron chi connectivity index (χ2n) is 2.48. The lowest BCUT2D eigenvalue weighted by Crippen LogP contribution is -2.25. The van der Waals surface area contributed by atoms with Gasteiger partial charge in [0.05, 0.1) is 6.54 Å². The Kier molecular flexibility index (Phi) is 3.19. The summed E-state index contributed by atoms with van der Waals surface area (Å²) in [5, 5.41) is 2.18. The van der Waals surface area contributed by atoms with Crippen molar-refractivity contribution >= 4 is 5.91 Å². The number of carbonyl (C=O) groups is 1. The predicted molar refractivity (Wildman–Crippen MR) is 47.5 cm³/mol. The van der Waals surface area contributed by atoms with E-state index in [1.807, 2.05) is 0 Å². The van der Waals surface area contributed by atoms with E-state index in [-0.39, 0.29) is 6.54 Å². The maximum atomic E-state index is 13.0. The highest BCUT2D eigenvalue weighted by Crippen LogP contribution is 2.11. The first kappa shape index (κ1) is 10.2. The standard InChI is InChI=1S/C10H7F2NO/c1-2-6-13-10(14)9-7(11)4-3-5-8(9)12/h1,3-5H,6H2,(H,13,14). The maximum absolute atomic E-state index is 13.0. The molecule has 0 saturated carbocycles. The number of rotatable bonds is 2. The molecular formula is C10H7F2NO. The molecule has 0 atom stereocenters. The van der Waals surface area contributed by atoms with Gasteiger partial charge in [0, 0.05) is 0 Å².